The fraction of sp³-hybridized carbons (Fsp3) is 0.684. The maximum absolute atomic E-state index is 10.5. The highest BCUT2D eigenvalue weighted by Crippen LogP contribution is 2.56. The van der Waals surface area contributed by atoms with Crippen molar-refractivity contribution < 1.29 is 14.9 Å². The Hall–Kier alpha value is -0.900. The maximum Gasteiger partial charge on any atom is 0.0717 e. The predicted octanol–water partition coefficient (Wildman–Crippen LogP) is 3.24. The molecular weight excluding hydrogens is 276 g/mol. The third kappa shape index (κ3) is 3.89. The lowest BCUT2D eigenvalue weighted by Gasteiger charge is -2.32. The average molecular weight is 306 g/mol. The number of hydrogen-bond acceptors (Lipinski definition) is 3. The van der Waals surface area contributed by atoms with Crippen molar-refractivity contribution in [1.29, 1.82) is 0 Å². The topological polar surface area (TPSA) is 49.7 Å². The summed E-state index contributed by atoms with van der Waals surface area (Å²) in [7, 11) is 0. The number of ether oxygens (including phenoxy) is 1. The van der Waals surface area contributed by atoms with Crippen molar-refractivity contribution in [3.05, 3.63) is 35.9 Å². The Balaban J connectivity index is 1.77. The van der Waals surface area contributed by atoms with Gasteiger partial charge in [0.15, 0.2) is 0 Å². The average Bonchev–Trinajstić information content (AvgIpc) is 3.14. The van der Waals surface area contributed by atoms with Crippen molar-refractivity contribution in [2.24, 2.45) is 23.2 Å². The quantitative estimate of drug-likeness (QED) is 0.775. The number of benzene rings is 1. The highest BCUT2D eigenvalue weighted by atomic mass is 16.5. The van der Waals surface area contributed by atoms with Gasteiger partial charge in [0, 0.05) is 11.8 Å². The number of aliphatic hydroxyl groups excluding tert-OH is 2. The van der Waals surface area contributed by atoms with Crippen LogP contribution in [0.5, 0.6) is 0 Å². The Morgan fingerprint density at radius 3 is 2.36 bits per heavy atom. The van der Waals surface area contributed by atoms with Crippen molar-refractivity contribution in [2.45, 2.75) is 52.9 Å². The molecule has 0 aliphatic heterocycles. The molecule has 124 valence electrons. The van der Waals surface area contributed by atoms with E-state index in [-0.39, 0.29) is 17.3 Å². The molecule has 22 heavy (non-hydrogen) atoms. The summed E-state index contributed by atoms with van der Waals surface area (Å²) in [5.41, 5.74) is 1.11. The second-order valence-corrected chi connectivity index (χ2v) is 7.38. The summed E-state index contributed by atoms with van der Waals surface area (Å²) in [6.07, 6.45) is 0.0499. The highest BCUT2D eigenvalue weighted by molar-refractivity contribution is 5.13. The van der Waals surface area contributed by atoms with E-state index < -0.39 is 12.2 Å². The van der Waals surface area contributed by atoms with Crippen molar-refractivity contribution in [1.82, 2.24) is 0 Å². The van der Waals surface area contributed by atoms with Crippen LogP contribution in [0, 0.1) is 23.2 Å². The van der Waals surface area contributed by atoms with Gasteiger partial charge in [0.05, 0.1) is 25.4 Å². The Kier molecular flexibility index (Phi) is 5.65. The van der Waals surface area contributed by atoms with Gasteiger partial charge in [-0.15, -0.1) is 0 Å². The summed E-state index contributed by atoms with van der Waals surface area (Å²) in [4.78, 5) is 0. The molecule has 3 nitrogen and oxygen atoms in total. The van der Waals surface area contributed by atoms with E-state index in [1.54, 1.807) is 0 Å². The van der Waals surface area contributed by atoms with E-state index in [0.717, 1.165) is 12.0 Å². The van der Waals surface area contributed by atoms with Crippen LogP contribution in [-0.4, -0.2) is 29.0 Å². The summed E-state index contributed by atoms with van der Waals surface area (Å²) in [5.74, 6) is 0.415. The van der Waals surface area contributed by atoms with E-state index in [0.29, 0.717) is 19.1 Å². The van der Waals surface area contributed by atoms with Crippen molar-refractivity contribution in [3.8, 4) is 0 Å². The van der Waals surface area contributed by atoms with Crippen LogP contribution in [0.1, 0.15) is 39.7 Å². The van der Waals surface area contributed by atoms with Gasteiger partial charge in [-0.1, -0.05) is 58.0 Å². The smallest absolute Gasteiger partial charge is 0.0717 e. The molecule has 0 bridgehead atoms. The molecule has 0 saturated heterocycles. The minimum absolute atomic E-state index is 0.00557. The molecule has 2 N–H and O–H groups in total. The summed E-state index contributed by atoms with van der Waals surface area (Å²) in [6, 6.07) is 10.0. The van der Waals surface area contributed by atoms with Gasteiger partial charge in [0.1, 0.15) is 0 Å². The molecule has 2 rings (SSSR count). The minimum Gasteiger partial charge on any atom is -0.392 e. The molecule has 1 saturated carbocycles. The number of hydrogen-bond donors (Lipinski definition) is 2. The van der Waals surface area contributed by atoms with Crippen molar-refractivity contribution in [3.63, 3.8) is 0 Å². The molecule has 1 aliphatic rings. The lowest BCUT2D eigenvalue weighted by Crippen LogP contribution is -2.40. The summed E-state index contributed by atoms with van der Waals surface area (Å²) in [6.45, 7) is 9.26. The molecule has 1 unspecified atom stereocenters. The Labute approximate surface area is 134 Å². The van der Waals surface area contributed by atoms with E-state index >= 15 is 0 Å². The minimum atomic E-state index is -0.546. The molecular formula is C19H30O3. The van der Waals surface area contributed by atoms with Crippen LogP contribution in [0.15, 0.2) is 30.3 Å². The standard InChI is InChI=1S/C19H30O3/c1-13(11-22-12-16-8-6-5-7-9-16)17(20)15(3)18(21)19(4)10-14(19)2/h5-9,13-15,17-18,20-21H,10-12H2,1-4H3/t13-,14+,15+,17-,18?,19-/m0/s1. The normalized spacial score (nSPS) is 29.6. The van der Waals surface area contributed by atoms with Crippen LogP contribution in [0.4, 0.5) is 0 Å². The predicted molar refractivity (Wildman–Crippen MR) is 88.3 cm³/mol. The zero-order chi connectivity index (χ0) is 16.3. The Morgan fingerprint density at radius 2 is 1.82 bits per heavy atom. The first-order valence-electron chi connectivity index (χ1n) is 8.34. The van der Waals surface area contributed by atoms with Gasteiger partial charge in [0.2, 0.25) is 0 Å². The Bertz CT molecular complexity index is 461. The molecule has 3 heteroatoms. The molecule has 6 atom stereocenters. The van der Waals surface area contributed by atoms with Crippen LogP contribution in [0.25, 0.3) is 0 Å². The van der Waals surface area contributed by atoms with Gasteiger partial charge in [-0.05, 0) is 23.3 Å². The van der Waals surface area contributed by atoms with Gasteiger partial charge >= 0.3 is 0 Å². The fourth-order valence-corrected chi connectivity index (χ4v) is 3.35. The lowest BCUT2D eigenvalue weighted by atomic mass is 9.82. The monoisotopic (exact) mass is 306 g/mol. The van der Waals surface area contributed by atoms with Gasteiger partial charge < -0.3 is 14.9 Å². The maximum atomic E-state index is 10.5. The van der Waals surface area contributed by atoms with Crippen molar-refractivity contribution in [2.75, 3.05) is 6.61 Å². The third-order valence-electron chi connectivity index (χ3n) is 5.50. The third-order valence-corrected chi connectivity index (χ3v) is 5.50. The second-order valence-electron chi connectivity index (χ2n) is 7.38. The van der Waals surface area contributed by atoms with Gasteiger partial charge in [-0.2, -0.15) is 0 Å². The van der Waals surface area contributed by atoms with E-state index in [2.05, 4.69) is 13.8 Å². The summed E-state index contributed by atoms with van der Waals surface area (Å²) >= 11 is 0. The summed E-state index contributed by atoms with van der Waals surface area (Å²) in [5, 5.41) is 21.0. The molecule has 0 heterocycles. The van der Waals surface area contributed by atoms with E-state index in [4.69, 9.17) is 4.74 Å². The molecule has 1 aliphatic carbocycles. The van der Waals surface area contributed by atoms with E-state index in [1.165, 1.54) is 0 Å². The second kappa shape index (κ2) is 7.12. The molecule has 0 amide bonds. The highest BCUT2D eigenvalue weighted by Gasteiger charge is 2.54. The molecule has 1 aromatic rings. The first-order valence-corrected chi connectivity index (χ1v) is 8.34. The van der Waals surface area contributed by atoms with Gasteiger partial charge in [0.25, 0.3) is 0 Å². The molecule has 1 aromatic carbocycles. The van der Waals surface area contributed by atoms with Crippen LogP contribution in [0.3, 0.4) is 0 Å². The van der Waals surface area contributed by atoms with Crippen LogP contribution >= 0.6 is 0 Å². The molecule has 0 spiro atoms. The zero-order valence-corrected chi connectivity index (χ0v) is 14.2. The van der Waals surface area contributed by atoms with Crippen LogP contribution < -0.4 is 0 Å². The van der Waals surface area contributed by atoms with Gasteiger partial charge in [-0.3, -0.25) is 0 Å². The zero-order valence-electron chi connectivity index (χ0n) is 14.2. The van der Waals surface area contributed by atoms with E-state index in [1.807, 2.05) is 44.2 Å². The molecule has 1 fully saturated rings. The fourth-order valence-electron chi connectivity index (χ4n) is 3.35. The number of aliphatic hydroxyl groups is 2. The SMILES string of the molecule is C[C@@H]1C[C@]1(C)C(O)[C@H](C)[C@@H](O)[C@@H](C)COCc1ccccc1. The van der Waals surface area contributed by atoms with E-state index in [9.17, 15) is 10.2 Å². The number of rotatable bonds is 8. The molecule has 0 aromatic heterocycles. The van der Waals surface area contributed by atoms with Crippen LogP contribution in [0.2, 0.25) is 0 Å². The Morgan fingerprint density at radius 1 is 1.23 bits per heavy atom. The van der Waals surface area contributed by atoms with Gasteiger partial charge in [-0.25, -0.2) is 0 Å². The first-order chi connectivity index (χ1) is 10.4. The first kappa shape index (κ1) is 17.5. The van der Waals surface area contributed by atoms with Crippen LogP contribution in [-0.2, 0) is 11.3 Å². The lowest BCUT2D eigenvalue weighted by molar-refractivity contribution is -0.0563. The summed E-state index contributed by atoms with van der Waals surface area (Å²) < 4.78 is 5.71. The van der Waals surface area contributed by atoms with Crippen molar-refractivity contribution >= 4 is 0 Å². The largest absolute Gasteiger partial charge is 0.392 e. The molecule has 0 radical (unpaired) electrons.